The first-order valence-corrected chi connectivity index (χ1v) is 9.90. The third-order valence-electron chi connectivity index (χ3n) is 8.72. The second kappa shape index (κ2) is 4.40. The van der Waals surface area contributed by atoms with Gasteiger partial charge < -0.3 is 15.3 Å². The monoisotopic (exact) mass is 338 g/mol. The van der Waals surface area contributed by atoms with Crippen LogP contribution in [0.3, 0.4) is 0 Å². The molecular weight excluding hydrogens is 312 g/mol. The molecule has 2 heterocycles. The summed E-state index contributed by atoms with van der Waals surface area (Å²) >= 11 is 0. The Morgan fingerprint density at radius 1 is 1.36 bits per heavy atom. The number of phenols is 1. The number of carbonyl (C=O) groups excluding carboxylic acids is 1. The first-order valence-electron chi connectivity index (χ1n) is 9.90. The van der Waals surface area contributed by atoms with Crippen molar-refractivity contribution in [2.24, 2.45) is 17.3 Å². The molecule has 6 rings (SSSR count). The molecule has 4 nitrogen and oxygen atoms in total. The topological polar surface area (TPSA) is 52.6 Å². The average Bonchev–Trinajstić information content (AvgIpc) is 3.05. The Bertz CT molecular complexity index is 792. The summed E-state index contributed by atoms with van der Waals surface area (Å²) in [6.45, 7) is 3.77. The van der Waals surface area contributed by atoms with E-state index in [2.05, 4.69) is 22.3 Å². The predicted molar refractivity (Wildman–Crippen MR) is 94.3 cm³/mol. The van der Waals surface area contributed by atoms with E-state index < -0.39 is 0 Å². The second-order valence-electron chi connectivity index (χ2n) is 9.19. The van der Waals surface area contributed by atoms with Crippen molar-refractivity contribution >= 4 is 5.91 Å². The van der Waals surface area contributed by atoms with Gasteiger partial charge in [0.2, 0.25) is 5.91 Å². The molecule has 4 fully saturated rings. The maximum atomic E-state index is 12.4. The highest BCUT2D eigenvalue weighted by atomic mass is 16.3. The summed E-state index contributed by atoms with van der Waals surface area (Å²) in [4.78, 5) is 14.6. The van der Waals surface area contributed by atoms with Gasteiger partial charge in [-0.15, -0.1) is 0 Å². The molecule has 3 aliphatic carbocycles. The Kier molecular flexibility index (Phi) is 2.57. The summed E-state index contributed by atoms with van der Waals surface area (Å²) < 4.78 is 0. The van der Waals surface area contributed by atoms with Gasteiger partial charge in [-0.1, -0.05) is 6.07 Å². The number of rotatable bonds is 0. The average molecular weight is 338 g/mol. The van der Waals surface area contributed by atoms with Gasteiger partial charge in [0, 0.05) is 36.4 Å². The van der Waals surface area contributed by atoms with Crippen LogP contribution in [0.25, 0.3) is 0 Å². The fourth-order valence-corrected chi connectivity index (χ4v) is 8.23. The zero-order valence-electron chi connectivity index (χ0n) is 14.8. The third-order valence-corrected chi connectivity index (χ3v) is 8.72. The summed E-state index contributed by atoms with van der Waals surface area (Å²) in [5.74, 6) is 2.06. The van der Waals surface area contributed by atoms with E-state index in [1.807, 2.05) is 6.07 Å². The quantitative estimate of drug-likeness (QED) is 0.762. The molecule has 5 aliphatic rings. The van der Waals surface area contributed by atoms with Crippen LogP contribution in [0.4, 0.5) is 0 Å². The molecule has 0 radical (unpaired) electrons. The van der Waals surface area contributed by atoms with E-state index in [0.29, 0.717) is 23.8 Å². The minimum atomic E-state index is 0.160. The zero-order chi connectivity index (χ0) is 17.0. The molecule has 1 aromatic carbocycles. The molecule has 2 N–H and O–H groups in total. The van der Waals surface area contributed by atoms with Gasteiger partial charge in [-0.3, -0.25) is 4.79 Å². The molecular formula is C21H26N2O2. The van der Waals surface area contributed by atoms with Gasteiger partial charge in [-0.25, -0.2) is 0 Å². The van der Waals surface area contributed by atoms with Crippen molar-refractivity contribution in [2.75, 3.05) is 13.1 Å². The highest BCUT2D eigenvalue weighted by Gasteiger charge is 2.75. The van der Waals surface area contributed by atoms with E-state index in [0.717, 1.165) is 31.8 Å². The SMILES string of the molecule is CC(=O)N1CCC23c4cc(O)ccc4CC1C21CCC2NC[C@@H](C1)C23. The Morgan fingerprint density at radius 3 is 3.08 bits per heavy atom. The lowest BCUT2D eigenvalue weighted by atomic mass is 9.43. The molecule has 4 heteroatoms. The Morgan fingerprint density at radius 2 is 2.24 bits per heavy atom. The number of hydrogen-bond acceptors (Lipinski definition) is 3. The smallest absolute Gasteiger partial charge is 0.219 e. The van der Waals surface area contributed by atoms with Crippen LogP contribution < -0.4 is 5.32 Å². The van der Waals surface area contributed by atoms with E-state index in [4.69, 9.17) is 0 Å². The van der Waals surface area contributed by atoms with Gasteiger partial charge in [0.25, 0.3) is 0 Å². The Hall–Kier alpha value is -1.55. The maximum Gasteiger partial charge on any atom is 0.219 e. The number of hydrogen-bond donors (Lipinski definition) is 2. The van der Waals surface area contributed by atoms with Gasteiger partial charge in [0.15, 0.2) is 0 Å². The van der Waals surface area contributed by atoms with Crippen molar-refractivity contribution in [2.45, 2.75) is 56.5 Å². The molecule has 2 aliphatic heterocycles. The normalized spacial score (nSPS) is 45.9. The highest BCUT2D eigenvalue weighted by Crippen LogP contribution is 2.74. The lowest BCUT2D eigenvalue weighted by Crippen LogP contribution is -2.70. The van der Waals surface area contributed by atoms with Crippen LogP contribution in [-0.4, -0.2) is 41.1 Å². The van der Waals surface area contributed by atoms with Crippen molar-refractivity contribution < 1.29 is 9.90 Å². The van der Waals surface area contributed by atoms with E-state index in [9.17, 15) is 9.90 Å². The van der Waals surface area contributed by atoms with Crippen molar-refractivity contribution in [3.05, 3.63) is 29.3 Å². The molecule has 1 amide bonds. The highest BCUT2D eigenvalue weighted by molar-refractivity contribution is 5.74. The van der Waals surface area contributed by atoms with Gasteiger partial charge in [-0.2, -0.15) is 0 Å². The number of amides is 1. The van der Waals surface area contributed by atoms with Crippen molar-refractivity contribution in [3.63, 3.8) is 0 Å². The largest absolute Gasteiger partial charge is 0.508 e. The van der Waals surface area contributed by atoms with Gasteiger partial charge in [-0.05, 0) is 73.7 Å². The summed E-state index contributed by atoms with van der Waals surface area (Å²) in [7, 11) is 0. The number of aromatic hydroxyl groups is 1. The fraction of sp³-hybridized carbons (Fsp3) is 0.667. The molecule has 0 aromatic heterocycles. The summed E-state index contributed by atoms with van der Waals surface area (Å²) in [6, 6.07) is 7.01. The zero-order valence-corrected chi connectivity index (χ0v) is 14.8. The minimum absolute atomic E-state index is 0.160. The lowest BCUT2D eigenvalue weighted by molar-refractivity contribution is -0.148. The van der Waals surface area contributed by atoms with Crippen molar-refractivity contribution in [1.82, 2.24) is 10.2 Å². The molecule has 4 bridgehead atoms. The van der Waals surface area contributed by atoms with Crippen molar-refractivity contribution in [3.8, 4) is 5.75 Å². The Labute approximate surface area is 148 Å². The summed E-state index contributed by atoms with van der Waals surface area (Å²) in [5, 5.41) is 14.1. The van der Waals surface area contributed by atoms with Crippen molar-refractivity contribution in [1.29, 1.82) is 0 Å². The number of benzene rings is 1. The molecule has 0 spiro atoms. The molecule has 25 heavy (non-hydrogen) atoms. The number of phenolic OH excluding ortho intramolecular Hbond substituents is 1. The van der Waals surface area contributed by atoms with Gasteiger partial charge >= 0.3 is 0 Å². The van der Waals surface area contributed by atoms with Crippen LogP contribution >= 0.6 is 0 Å². The van der Waals surface area contributed by atoms with Gasteiger partial charge in [0.1, 0.15) is 5.75 Å². The minimum Gasteiger partial charge on any atom is -0.508 e. The maximum absolute atomic E-state index is 12.4. The predicted octanol–water partition coefficient (Wildman–Crippen LogP) is 2.20. The Balaban J connectivity index is 1.65. The van der Waals surface area contributed by atoms with Crippen LogP contribution in [0.15, 0.2) is 18.2 Å². The molecule has 1 aromatic rings. The van der Waals surface area contributed by atoms with Crippen LogP contribution in [0.1, 0.15) is 43.7 Å². The first-order chi connectivity index (χ1) is 12.1. The second-order valence-corrected chi connectivity index (χ2v) is 9.19. The van der Waals surface area contributed by atoms with Crippen LogP contribution in [0.2, 0.25) is 0 Å². The molecule has 2 saturated heterocycles. The molecule has 5 unspecified atom stereocenters. The molecule has 132 valence electrons. The number of piperidine rings is 1. The standard InChI is InChI=1S/C21H26N2O2/c1-12(24)23-7-6-21-16-9-15(25)3-2-13(16)8-18(23)20(21)5-4-17-19(21)14(10-20)11-22-17/h2-3,9,14,17-19,22,25H,4-8,10-11H2,1H3/t14-,17?,18?,19?,20?,21?/m1/s1. The van der Waals surface area contributed by atoms with E-state index in [1.165, 1.54) is 30.4 Å². The molecule has 2 saturated carbocycles. The number of likely N-dealkylation sites (tertiary alicyclic amines) is 1. The third kappa shape index (κ3) is 1.45. The van der Waals surface area contributed by atoms with Crippen LogP contribution in [-0.2, 0) is 16.6 Å². The van der Waals surface area contributed by atoms with Crippen LogP contribution in [0.5, 0.6) is 5.75 Å². The summed E-state index contributed by atoms with van der Waals surface area (Å²) in [6.07, 6.45) is 5.76. The summed E-state index contributed by atoms with van der Waals surface area (Å²) in [5.41, 5.74) is 3.18. The van der Waals surface area contributed by atoms with E-state index in [1.54, 1.807) is 6.92 Å². The van der Waals surface area contributed by atoms with Gasteiger partial charge in [0.05, 0.1) is 0 Å². The number of carbonyl (C=O) groups is 1. The number of nitrogens with zero attached hydrogens (tertiary/aromatic N) is 1. The molecule has 6 atom stereocenters. The fourth-order valence-electron chi connectivity index (χ4n) is 8.23. The number of nitrogens with one attached hydrogen (secondary N) is 1. The first kappa shape index (κ1) is 14.6. The number of fused-ring (bicyclic) bond motifs is 1. The van der Waals surface area contributed by atoms with E-state index in [-0.39, 0.29) is 16.7 Å². The van der Waals surface area contributed by atoms with E-state index >= 15 is 0 Å². The lowest BCUT2D eigenvalue weighted by Gasteiger charge is -2.66. The van der Waals surface area contributed by atoms with Crippen LogP contribution in [0, 0.1) is 17.3 Å².